The van der Waals surface area contributed by atoms with Gasteiger partial charge in [-0.15, -0.1) is 13.2 Å². The molecule has 0 unspecified atom stereocenters. The molecule has 0 aliphatic rings. The fourth-order valence-corrected chi connectivity index (χ4v) is 2.05. The lowest BCUT2D eigenvalue weighted by molar-refractivity contribution is -0.275. The molecular weight excluding hydrogens is 422 g/mol. The van der Waals surface area contributed by atoms with Crippen LogP contribution in [0.25, 0.3) is 0 Å². The van der Waals surface area contributed by atoms with Crippen molar-refractivity contribution in [2.45, 2.75) is 11.7 Å². The third-order valence-corrected chi connectivity index (χ3v) is 2.95. The molecule has 1 aromatic rings. The molecule has 4 nitrogen and oxygen atoms in total. The Kier molecular flexibility index (Phi) is 4.58. The largest absolute Gasteiger partial charge is 0.573 e. The standard InChI is InChI=1S/C8H4BrF3INO3/c9-2-4-5(17-8(10,11)12)1-3(7(15)16)6(13)14-4/h1H,2H2,(H,15,16). The van der Waals surface area contributed by atoms with E-state index in [1.807, 2.05) is 0 Å². The van der Waals surface area contributed by atoms with Gasteiger partial charge in [0.15, 0.2) is 5.75 Å². The van der Waals surface area contributed by atoms with Crippen molar-refractivity contribution in [2.24, 2.45) is 0 Å². The van der Waals surface area contributed by atoms with E-state index in [0.29, 0.717) is 0 Å². The summed E-state index contributed by atoms with van der Waals surface area (Å²) in [5.41, 5.74) is -0.355. The van der Waals surface area contributed by atoms with Crippen LogP contribution in [-0.2, 0) is 5.33 Å². The molecule has 0 saturated heterocycles. The summed E-state index contributed by atoms with van der Waals surface area (Å²) >= 11 is 4.58. The maximum Gasteiger partial charge on any atom is 0.573 e. The number of hydrogen-bond donors (Lipinski definition) is 1. The van der Waals surface area contributed by atoms with Crippen LogP contribution in [0.3, 0.4) is 0 Å². The van der Waals surface area contributed by atoms with Crippen molar-refractivity contribution in [3.05, 3.63) is 21.0 Å². The Bertz CT molecular complexity index is 452. The van der Waals surface area contributed by atoms with Crippen molar-refractivity contribution in [3.63, 3.8) is 0 Å². The van der Waals surface area contributed by atoms with Gasteiger partial charge in [-0.2, -0.15) is 0 Å². The van der Waals surface area contributed by atoms with Crippen LogP contribution >= 0.6 is 38.5 Å². The van der Waals surface area contributed by atoms with Crippen LogP contribution in [0.4, 0.5) is 13.2 Å². The summed E-state index contributed by atoms with van der Waals surface area (Å²) in [5.74, 6) is -1.98. The number of carboxylic acids is 1. The normalized spacial score (nSPS) is 11.4. The van der Waals surface area contributed by atoms with Gasteiger partial charge >= 0.3 is 12.3 Å². The van der Waals surface area contributed by atoms with Gasteiger partial charge in [0.25, 0.3) is 0 Å². The van der Waals surface area contributed by atoms with Gasteiger partial charge in [0.1, 0.15) is 3.70 Å². The van der Waals surface area contributed by atoms with Crippen molar-refractivity contribution in [3.8, 4) is 5.75 Å². The third kappa shape index (κ3) is 3.98. The number of pyridine rings is 1. The minimum Gasteiger partial charge on any atom is -0.478 e. The van der Waals surface area contributed by atoms with E-state index in [9.17, 15) is 18.0 Å². The number of aromatic nitrogens is 1. The summed E-state index contributed by atoms with van der Waals surface area (Å²) in [6.07, 6.45) is -4.89. The Balaban J connectivity index is 3.26. The van der Waals surface area contributed by atoms with Crippen molar-refractivity contribution < 1.29 is 27.8 Å². The van der Waals surface area contributed by atoms with Crippen LogP contribution in [0.5, 0.6) is 5.75 Å². The quantitative estimate of drug-likeness (QED) is 0.459. The maximum absolute atomic E-state index is 12.1. The van der Waals surface area contributed by atoms with Crippen molar-refractivity contribution >= 4 is 44.5 Å². The lowest BCUT2D eigenvalue weighted by atomic mass is 10.2. The highest BCUT2D eigenvalue weighted by atomic mass is 127. The average molecular weight is 426 g/mol. The summed E-state index contributed by atoms with van der Waals surface area (Å²) in [4.78, 5) is 14.5. The molecule has 1 aromatic heterocycles. The van der Waals surface area contributed by atoms with E-state index < -0.39 is 18.1 Å². The summed E-state index contributed by atoms with van der Waals surface area (Å²) in [6.45, 7) is 0. The van der Waals surface area contributed by atoms with Gasteiger partial charge < -0.3 is 9.84 Å². The van der Waals surface area contributed by atoms with Crippen molar-refractivity contribution in [1.29, 1.82) is 0 Å². The van der Waals surface area contributed by atoms with Crippen molar-refractivity contribution in [1.82, 2.24) is 4.98 Å². The Labute approximate surface area is 115 Å². The number of carboxylic acid groups (broad SMARTS) is 1. The Morgan fingerprint density at radius 3 is 2.59 bits per heavy atom. The number of alkyl halides is 4. The highest BCUT2D eigenvalue weighted by Gasteiger charge is 2.33. The van der Waals surface area contributed by atoms with Gasteiger partial charge in [0.2, 0.25) is 0 Å². The molecule has 0 aliphatic carbocycles. The SMILES string of the molecule is O=C(O)c1cc(OC(F)(F)F)c(CBr)nc1I. The van der Waals surface area contributed by atoms with Crippen LogP contribution in [0.2, 0.25) is 0 Å². The molecular formula is C8H4BrF3INO3. The average Bonchev–Trinajstić information content (AvgIpc) is 2.17. The minimum atomic E-state index is -4.89. The van der Waals surface area contributed by atoms with Crippen LogP contribution in [0.1, 0.15) is 16.1 Å². The molecule has 0 aliphatic heterocycles. The zero-order valence-electron chi connectivity index (χ0n) is 7.89. The van der Waals surface area contributed by atoms with Crippen LogP contribution in [0.15, 0.2) is 6.07 Å². The molecule has 17 heavy (non-hydrogen) atoms. The van der Waals surface area contributed by atoms with Crippen LogP contribution in [-0.4, -0.2) is 22.4 Å². The first-order valence-corrected chi connectivity index (χ1v) is 6.19. The lowest BCUT2D eigenvalue weighted by Crippen LogP contribution is -2.19. The van der Waals surface area contributed by atoms with Gasteiger partial charge in [-0.05, 0) is 28.7 Å². The summed E-state index contributed by atoms with van der Waals surface area (Å²) in [7, 11) is 0. The first-order valence-electron chi connectivity index (χ1n) is 3.99. The predicted molar refractivity (Wildman–Crippen MR) is 63.2 cm³/mol. The molecule has 0 bridgehead atoms. The van der Waals surface area contributed by atoms with Gasteiger partial charge in [-0.1, -0.05) is 15.9 Å². The Morgan fingerprint density at radius 2 is 2.18 bits per heavy atom. The lowest BCUT2D eigenvalue weighted by Gasteiger charge is -2.12. The van der Waals surface area contributed by atoms with E-state index in [0.717, 1.165) is 6.07 Å². The molecule has 0 fully saturated rings. The van der Waals surface area contributed by atoms with Crippen LogP contribution < -0.4 is 4.74 Å². The monoisotopic (exact) mass is 425 g/mol. The van der Waals surface area contributed by atoms with E-state index in [1.54, 1.807) is 22.6 Å². The van der Waals surface area contributed by atoms with E-state index in [-0.39, 0.29) is 20.3 Å². The van der Waals surface area contributed by atoms with E-state index in [2.05, 4.69) is 25.7 Å². The molecule has 0 amide bonds. The predicted octanol–water partition coefficient (Wildman–Crippen LogP) is 3.18. The van der Waals surface area contributed by atoms with Gasteiger partial charge in [0.05, 0.1) is 11.3 Å². The number of ether oxygens (including phenoxy) is 1. The fraction of sp³-hybridized carbons (Fsp3) is 0.250. The molecule has 9 heteroatoms. The first-order chi connectivity index (χ1) is 7.74. The topological polar surface area (TPSA) is 59.4 Å². The first kappa shape index (κ1) is 14.5. The number of nitrogens with zero attached hydrogens (tertiary/aromatic N) is 1. The second-order valence-electron chi connectivity index (χ2n) is 2.76. The van der Waals surface area contributed by atoms with Crippen LogP contribution in [0, 0.1) is 3.70 Å². The number of hydrogen-bond acceptors (Lipinski definition) is 3. The second-order valence-corrected chi connectivity index (χ2v) is 4.34. The smallest absolute Gasteiger partial charge is 0.478 e. The molecule has 0 atom stereocenters. The van der Waals surface area contributed by atoms with Gasteiger partial charge in [0, 0.05) is 5.33 Å². The highest BCUT2D eigenvalue weighted by Crippen LogP contribution is 2.29. The molecule has 0 radical (unpaired) electrons. The summed E-state index contributed by atoms with van der Waals surface area (Å²) in [5, 5.41) is 8.78. The zero-order valence-corrected chi connectivity index (χ0v) is 11.6. The molecule has 0 saturated carbocycles. The number of carbonyl (C=O) groups is 1. The number of halogens is 5. The Hall–Kier alpha value is -0.580. The molecule has 0 aromatic carbocycles. The second kappa shape index (κ2) is 5.38. The number of aromatic carboxylic acids is 1. The molecule has 1 rings (SSSR count). The number of rotatable bonds is 3. The summed E-state index contributed by atoms with van der Waals surface area (Å²) < 4.78 is 40.0. The maximum atomic E-state index is 12.1. The molecule has 1 N–H and O–H groups in total. The van der Waals surface area contributed by atoms with Crippen molar-refractivity contribution in [2.75, 3.05) is 0 Å². The molecule has 1 heterocycles. The summed E-state index contributed by atoms with van der Waals surface area (Å²) in [6, 6.07) is 0.807. The van der Waals surface area contributed by atoms with Gasteiger partial charge in [-0.3, -0.25) is 0 Å². The molecule has 0 spiro atoms. The van der Waals surface area contributed by atoms with E-state index in [4.69, 9.17) is 5.11 Å². The van der Waals surface area contributed by atoms with E-state index in [1.165, 1.54) is 0 Å². The minimum absolute atomic E-state index is 0.0169. The van der Waals surface area contributed by atoms with E-state index >= 15 is 0 Å². The zero-order chi connectivity index (χ0) is 13.2. The Morgan fingerprint density at radius 1 is 1.59 bits per heavy atom. The fourth-order valence-electron chi connectivity index (χ4n) is 0.967. The van der Waals surface area contributed by atoms with Gasteiger partial charge in [-0.25, -0.2) is 9.78 Å². The third-order valence-electron chi connectivity index (χ3n) is 1.60. The molecule has 94 valence electrons. The highest BCUT2D eigenvalue weighted by molar-refractivity contribution is 14.1.